The molecule has 1 heterocycles. The van der Waals surface area contributed by atoms with Gasteiger partial charge in [0.15, 0.2) is 12.4 Å². The molecule has 0 N–H and O–H groups in total. The van der Waals surface area contributed by atoms with Crippen molar-refractivity contribution >= 4 is 15.9 Å². The molecule has 0 atom stereocenters. The molecule has 62 valence electrons. The van der Waals surface area contributed by atoms with Crippen molar-refractivity contribution in [3.63, 3.8) is 0 Å². The van der Waals surface area contributed by atoms with Gasteiger partial charge in [-0.15, -0.1) is 0 Å². The quantitative estimate of drug-likeness (QED) is 0.675. The van der Waals surface area contributed by atoms with Gasteiger partial charge in [-0.05, 0) is 16.4 Å². The van der Waals surface area contributed by atoms with E-state index in [2.05, 4.69) is 15.9 Å². The summed E-state index contributed by atoms with van der Waals surface area (Å²) >= 11 is 3.29. The highest BCUT2D eigenvalue weighted by Gasteiger charge is 2.14. The number of hydrogen-bond donors (Lipinski definition) is 0. The van der Waals surface area contributed by atoms with E-state index in [4.69, 9.17) is 9.68 Å². The Kier molecular flexibility index (Phi) is 2.76. The lowest BCUT2D eigenvalue weighted by molar-refractivity contribution is -0.899. The Morgan fingerprint density at radius 2 is 2.45 bits per heavy atom. The molecule has 0 aliphatic heterocycles. The zero-order valence-electron chi connectivity index (χ0n) is 6.45. The van der Waals surface area contributed by atoms with Crippen LogP contribution in [0.3, 0.4) is 0 Å². The van der Waals surface area contributed by atoms with Crippen LogP contribution in [0.25, 0.3) is 0 Å². The monoisotopic (exact) mass is 221 g/mol. The van der Waals surface area contributed by atoms with Gasteiger partial charge in [-0.3, -0.25) is 0 Å². The van der Waals surface area contributed by atoms with Gasteiger partial charge in [0.1, 0.15) is 13.7 Å². The van der Waals surface area contributed by atoms with Crippen LogP contribution >= 0.6 is 15.9 Å². The first-order valence-electron chi connectivity index (χ1n) is 3.26. The van der Waals surface area contributed by atoms with E-state index in [1.165, 1.54) is 0 Å². The highest BCUT2D eigenvalue weighted by molar-refractivity contribution is 9.10. The molecule has 0 saturated heterocycles. The number of rotatable bonds is 3. The molecular weight excluding hydrogens is 212 g/mol. The van der Waals surface area contributed by atoms with Crippen LogP contribution in [0.1, 0.15) is 6.92 Å². The normalized spacial score (nSPS) is 9.73. The summed E-state index contributed by atoms with van der Waals surface area (Å²) in [5.74, 6) is 0. The molecule has 0 radical (unpaired) electrons. The fourth-order valence-corrected chi connectivity index (χ4v) is 1.20. The van der Waals surface area contributed by atoms with Crippen LogP contribution in [0.5, 0.6) is 0 Å². The molecule has 0 aromatic carbocycles. The minimum atomic E-state index is 0.622. The van der Waals surface area contributed by atoms with E-state index in [0.29, 0.717) is 6.61 Å². The average Bonchev–Trinajstić information content (AvgIpc) is 2.34. The van der Waals surface area contributed by atoms with Crippen LogP contribution < -0.4 is 14.4 Å². The average molecular weight is 222 g/mol. The molecule has 4 nitrogen and oxygen atoms in total. The largest absolute Gasteiger partial charge is 0.403 e. The van der Waals surface area contributed by atoms with Crippen LogP contribution in [-0.2, 0) is 0 Å². The summed E-state index contributed by atoms with van der Waals surface area (Å²) in [7, 11) is 1.58. The SMILES string of the molecule is CCO[n+]1ccn(OC)c1Br. The van der Waals surface area contributed by atoms with E-state index in [-0.39, 0.29) is 0 Å². The summed E-state index contributed by atoms with van der Waals surface area (Å²) in [6.07, 6.45) is 3.51. The summed E-state index contributed by atoms with van der Waals surface area (Å²) in [6, 6.07) is 0. The second-order valence-electron chi connectivity index (χ2n) is 1.82. The Labute approximate surface area is 73.4 Å². The molecular formula is C6H10BrN2O2+. The molecule has 0 spiro atoms. The van der Waals surface area contributed by atoms with E-state index >= 15 is 0 Å². The molecule has 11 heavy (non-hydrogen) atoms. The Morgan fingerprint density at radius 3 is 2.91 bits per heavy atom. The first-order valence-corrected chi connectivity index (χ1v) is 4.05. The first kappa shape index (κ1) is 8.39. The predicted molar refractivity (Wildman–Crippen MR) is 42.0 cm³/mol. The molecule has 1 aromatic heterocycles. The van der Waals surface area contributed by atoms with Gasteiger partial charge in [-0.25, -0.2) is 0 Å². The molecule has 0 aliphatic carbocycles. The maximum atomic E-state index is 5.19. The third-order valence-electron chi connectivity index (χ3n) is 1.17. The first-order chi connectivity index (χ1) is 5.29. The van der Waals surface area contributed by atoms with Gasteiger partial charge in [0.05, 0.1) is 15.9 Å². The summed E-state index contributed by atoms with van der Waals surface area (Å²) in [5, 5.41) is 0. The Morgan fingerprint density at radius 1 is 1.73 bits per heavy atom. The van der Waals surface area contributed by atoms with Gasteiger partial charge in [0, 0.05) is 0 Å². The van der Waals surface area contributed by atoms with E-state index in [1.54, 1.807) is 29.0 Å². The number of hydrogen-bond acceptors (Lipinski definition) is 2. The van der Waals surface area contributed by atoms with Crippen LogP contribution in [0.2, 0.25) is 0 Å². The predicted octanol–water partition coefficient (Wildman–Crippen LogP) is 0.0450. The molecule has 0 unspecified atom stereocenters. The van der Waals surface area contributed by atoms with Gasteiger partial charge in [0.2, 0.25) is 0 Å². The third kappa shape index (κ3) is 1.65. The van der Waals surface area contributed by atoms with Crippen molar-refractivity contribution in [2.75, 3.05) is 13.7 Å². The fraction of sp³-hybridized carbons (Fsp3) is 0.500. The van der Waals surface area contributed by atoms with Crippen molar-refractivity contribution in [2.24, 2.45) is 0 Å². The fourth-order valence-electron chi connectivity index (χ4n) is 0.713. The highest BCUT2D eigenvalue weighted by Crippen LogP contribution is 2.00. The van der Waals surface area contributed by atoms with Gasteiger partial charge in [-0.2, -0.15) is 0 Å². The standard InChI is InChI=1S/C6H10BrN2O2/c1-3-11-9-5-4-8(10-2)6(9)7/h4-5H,3H2,1-2H3/q+1. The summed E-state index contributed by atoms with van der Waals surface area (Å²) in [5.41, 5.74) is 0. The summed E-state index contributed by atoms with van der Waals surface area (Å²) in [6.45, 7) is 2.54. The Hall–Kier alpha value is -0.710. The molecule has 0 fully saturated rings. The number of aromatic nitrogens is 2. The smallest absolute Gasteiger partial charge is 0.338 e. The Balaban J connectivity index is 2.82. The maximum Gasteiger partial charge on any atom is 0.403 e. The number of nitrogens with zero attached hydrogens (tertiary/aromatic N) is 2. The minimum absolute atomic E-state index is 0.622. The second-order valence-corrected chi connectivity index (χ2v) is 2.53. The zero-order valence-corrected chi connectivity index (χ0v) is 8.04. The Bertz CT molecular complexity index is 236. The lowest BCUT2D eigenvalue weighted by atomic mass is 10.9. The van der Waals surface area contributed by atoms with Crippen molar-refractivity contribution in [3.8, 4) is 0 Å². The second kappa shape index (κ2) is 3.61. The zero-order chi connectivity index (χ0) is 8.27. The van der Waals surface area contributed by atoms with E-state index in [9.17, 15) is 0 Å². The third-order valence-corrected chi connectivity index (χ3v) is 1.87. The van der Waals surface area contributed by atoms with Crippen LogP contribution in [0, 0.1) is 0 Å². The van der Waals surface area contributed by atoms with Crippen molar-refractivity contribution in [1.29, 1.82) is 0 Å². The molecule has 1 aromatic rings. The van der Waals surface area contributed by atoms with Crippen LogP contribution in [0.15, 0.2) is 17.1 Å². The van der Waals surface area contributed by atoms with Crippen molar-refractivity contribution in [1.82, 2.24) is 4.73 Å². The van der Waals surface area contributed by atoms with E-state index < -0.39 is 0 Å². The molecule has 0 bridgehead atoms. The molecule has 0 aliphatic rings. The van der Waals surface area contributed by atoms with Gasteiger partial charge in [0.25, 0.3) is 0 Å². The van der Waals surface area contributed by atoms with Crippen LogP contribution in [-0.4, -0.2) is 18.4 Å². The van der Waals surface area contributed by atoms with Crippen LogP contribution in [0.4, 0.5) is 0 Å². The lowest BCUT2D eigenvalue weighted by Gasteiger charge is -1.95. The molecule has 0 amide bonds. The van der Waals surface area contributed by atoms with Gasteiger partial charge in [-0.1, -0.05) is 0 Å². The van der Waals surface area contributed by atoms with Gasteiger partial charge < -0.3 is 9.68 Å². The van der Waals surface area contributed by atoms with E-state index in [1.807, 2.05) is 6.92 Å². The topological polar surface area (TPSA) is 27.3 Å². The van der Waals surface area contributed by atoms with Crippen molar-refractivity contribution in [3.05, 3.63) is 17.1 Å². The van der Waals surface area contributed by atoms with E-state index in [0.717, 1.165) is 4.73 Å². The number of imidazole rings is 1. The van der Waals surface area contributed by atoms with Crippen molar-refractivity contribution < 1.29 is 14.4 Å². The summed E-state index contributed by atoms with van der Waals surface area (Å²) in [4.78, 5) is 10.1. The number of halogens is 1. The maximum absolute atomic E-state index is 5.19. The molecule has 1 rings (SSSR count). The van der Waals surface area contributed by atoms with Gasteiger partial charge >= 0.3 is 4.73 Å². The summed E-state index contributed by atoms with van der Waals surface area (Å²) < 4.78 is 3.86. The van der Waals surface area contributed by atoms with Crippen molar-refractivity contribution in [2.45, 2.75) is 6.92 Å². The molecule has 0 saturated carbocycles. The lowest BCUT2D eigenvalue weighted by Crippen LogP contribution is -2.42. The highest BCUT2D eigenvalue weighted by atomic mass is 79.9. The molecule has 5 heteroatoms. The minimum Gasteiger partial charge on any atom is -0.338 e.